The number of carbonyl (C=O) groups excluding carboxylic acids is 1. The number of nitrogens with zero attached hydrogens (tertiary/aromatic N) is 1. The molecule has 1 saturated heterocycles. The van der Waals surface area contributed by atoms with Crippen molar-refractivity contribution in [3.8, 4) is 0 Å². The van der Waals surface area contributed by atoms with Gasteiger partial charge in [0.2, 0.25) is 10.0 Å². The van der Waals surface area contributed by atoms with Crippen molar-refractivity contribution >= 4 is 21.6 Å². The van der Waals surface area contributed by atoms with Gasteiger partial charge in [-0.2, -0.15) is 4.31 Å². The predicted octanol–water partition coefficient (Wildman–Crippen LogP) is 3.08. The fraction of sp³-hybridized carbons (Fsp3) is 0.350. The molecule has 0 unspecified atom stereocenters. The van der Waals surface area contributed by atoms with Crippen LogP contribution in [0.4, 0.5) is 5.69 Å². The highest BCUT2D eigenvalue weighted by Crippen LogP contribution is 2.20. The van der Waals surface area contributed by atoms with E-state index in [0.29, 0.717) is 37.8 Å². The Kier molecular flexibility index (Phi) is 5.94. The summed E-state index contributed by atoms with van der Waals surface area (Å²) in [4.78, 5) is 12.7. The first-order valence-corrected chi connectivity index (χ1v) is 10.4. The van der Waals surface area contributed by atoms with Crippen molar-refractivity contribution in [1.29, 1.82) is 0 Å². The highest BCUT2D eigenvalue weighted by atomic mass is 32.2. The van der Waals surface area contributed by atoms with E-state index in [0.717, 1.165) is 11.3 Å². The van der Waals surface area contributed by atoms with E-state index >= 15 is 0 Å². The fourth-order valence-electron chi connectivity index (χ4n) is 2.89. The van der Waals surface area contributed by atoms with Crippen LogP contribution in [0, 0.1) is 0 Å². The fourth-order valence-corrected chi connectivity index (χ4v) is 4.30. The van der Waals surface area contributed by atoms with E-state index in [-0.39, 0.29) is 10.8 Å². The largest absolute Gasteiger partial charge is 0.379 e. The van der Waals surface area contributed by atoms with Gasteiger partial charge in [-0.15, -0.1) is 0 Å². The van der Waals surface area contributed by atoms with Gasteiger partial charge in [0.05, 0.1) is 18.1 Å². The van der Waals surface area contributed by atoms with Gasteiger partial charge >= 0.3 is 0 Å². The van der Waals surface area contributed by atoms with Crippen LogP contribution in [0.5, 0.6) is 0 Å². The molecule has 1 N–H and O–H groups in total. The molecule has 0 atom stereocenters. The number of carbonyl (C=O) groups is 1. The highest BCUT2D eigenvalue weighted by Gasteiger charge is 2.26. The molecule has 1 heterocycles. The van der Waals surface area contributed by atoms with Crippen molar-refractivity contribution in [2.24, 2.45) is 0 Å². The summed E-state index contributed by atoms with van der Waals surface area (Å²) in [5, 5.41) is 2.86. The summed E-state index contributed by atoms with van der Waals surface area (Å²) in [5.41, 5.74) is 2.27. The molecule has 1 fully saturated rings. The third kappa shape index (κ3) is 4.55. The number of hydrogen-bond acceptors (Lipinski definition) is 4. The van der Waals surface area contributed by atoms with Gasteiger partial charge in [-0.1, -0.05) is 26.0 Å². The lowest BCUT2D eigenvalue weighted by Gasteiger charge is -2.26. The topological polar surface area (TPSA) is 75.7 Å². The molecule has 0 aromatic heterocycles. The highest BCUT2D eigenvalue weighted by molar-refractivity contribution is 7.89. The third-order valence-corrected chi connectivity index (χ3v) is 6.45. The monoisotopic (exact) mass is 388 g/mol. The molecule has 2 aromatic carbocycles. The SMILES string of the molecule is CC(C)c1cccc(NC(=O)c2ccc(S(=O)(=O)N3CCOCC3)cc2)c1. The summed E-state index contributed by atoms with van der Waals surface area (Å²) < 4.78 is 31.9. The zero-order valence-electron chi connectivity index (χ0n) is 15.5. The number of rotatable bonds is 5. The summed E-state index contributed by atoms with van der Waals surface area (Å²) in [6, 6.07) is 13.7. The van der Waals surface area contributed by atoms with Crippen molar-refractivity contribution < 1.29 is 17.9 Å². The average molecular weight is 388 g/mol. The van der Waals surface area contributed by atoms with E-state index in [9.17, 15) is 13.2 Å². The van der Waals surface area contributed by atoms with Crippen molar-refractivity contribution in [3.63, 3.8) is 0 Å². The first-order chi connectivity index (χ1) is 12.9. The standard InChI is InChI=1S/C20H24N2O4S/c1-15(2)17-4-3-5-18(14-17)21-20(23)16-6-8-19(9-7-16)27(24,25)22-10-12-26-13-11-22/h3-9,14-15H,10-13H2,1-2H3,(H,21,23). The van der Waals surface area contributed by atoms with Crippen LogP contribution in [0.25, 0.3) is 0 Å². The molecular weight excluding hydrogens is 364 g/mol. The molecular formula is C20H24N2O4S. The second kappa shape index (κ2) is 8.21. The number of benzene rings is 2. The second-order valence-electron chi connectivity index (χ2n) is 6.78. The number of ether oxygens (including phenoxy) is 1. The van der Waals surface area contributed by atoms with Gasteiger partial charge in [-0.3, -0.25) is 4.79 Å². The molecule has 3 rings (SSSR count). The van der Waals surface area contributed by atoms with Crippen LogP contribution in [0.1, 0.15) is 35.7 Å². The molecule has 0 spiro atoms. The van der Waals surface area contributed by atoms with E-state index in [1.807, 2.05) is 24.3 Å². The number of amides is 1. The minimum atomic E-state index is -3.56. The van der Waals surface area contributed by atoms with E-state index in [4.69, 9.17) is 4.74 Å². The predicted molar refractivity (Wildman–Crippen MR) is 105 cm³/mol. The summed E-state index contributed by atoms with van der Waals surface area (Å²) in [6.45, 7) is 5.67. The summed E-state index contributed by atoms with van der Waals surface area (Å²) in [6.07, 6.45) is 0. The summed E-state index contributed by atoms with van der Waals surface area (Å²) in [5.74, 6) is 0.0951. The van der Waals surface area contributed by atoms with Crippen LogP contribution < -0.4 is 5.32 Å². The van der Waals surface area contributed by atoms with Crippen LogP contribution in [0.2, 0.25) is 0 Å². The molecule has 1 amide bonds. The van der Waals surface area contributed by atoms with E-state index in [1.165, 1.54) is 28.6 Å². The zero-order chi connectivity index (χ0) is 19.4. The molecule has 7 heteroatoms. The van der Waals surface area contributed by atoms with Crippen LogP contribution in [-0.4, -0.2) is 44.9 Å². The number of morpholine rings is 1. The molecule has 0 saturated carbocycles. The van der Waals surface area contributed by atoms with E-state index in [1.54, 1.807) is 0 Å². The van der Waals surface area contributed by atoms with E-state index < -0.39 is 10.0 Å². The quantitative estimate of drug-likeness (QED) is 0.854. The van der Waals surface area contributed by atoms with Gasteiger partial charge in [-0.25, -0.2) is 8.42 Å². The third-order valence-electron chi connectivity index (χ3n) is 4.54. The molecule has 0 aliphatic carbocycles. The Morgan fingerprint density at radius 2 is 1.74 bits per heavy atom. The summed E-state index contributed by atoms with van der Waals surface area (Å²) >= 11 is 0. The van der Waals surface area contributed by atoms with Gasteiger partial charge in [0.15, 0.2) is 0 Å². The smallest absolute Gasteiger partial charge is 0.255 e. The van der Waals surface area contributed by atoms with Crippen molar-refractivity contribution in [2.75, 3.05) is 31.6 Å². The summed E-state index contributed by atoms with van der Waals surface area (Å²) in [7, 11) is -3.56. The minimum Gasteiger partial charge on any atom is -0.379 e. The second-order valence-corrected chi connectivity index (χ2v) is 8.71. The van der Waals surface area contributed by atoms with Crippen LogP contribution in [0.3, 0.4) is 0 Å². The maximum absolute atomic E-state index is 12.6. The van der Waals surface area contributed by atoms with Crippen LogP contribution >= 0.6 is 0 Å². The van der Waals surface area contributed by atoms with E-state index in [2.05, 4.69) is 19.2 Å². The number of anilines is 1. The van der Waals surface area contributed by atoms with Crippen LogP contribution in [0.15, 0.2) is 53.4 Å². The minimum absolute atomic E-state index is 0.183. The molecule has 0 bridgehead atoms. The Morgan fingerprint density at radius 3 is 2.37 bits per heavy atom. The van der Waals surface area contributed by atoms with Crippen molar-refractivity contribution in [2.45, 2.75) is 24.7 Å². The zero-order valence-corrected chi connectivity index (χ0v) is 16.3. The first-order valence-electron chi connectivity index (χ1n) is 8.97. The van der Waals surface area contributed by atoms with Crippen molar-refractivity contribution in [3.05, 3.63) is 59.7 Å². The Hall–Kier alpha value is -2.22. The lowest BCUT2D eigenvalue weighted by atomic mass is 10.0. The van der Waals surface area contributed by atoms with Gasteiger partial charge in [0.1, 0.15) is 0 Å². The van der Waals surface area contributed by atoms with Crippen LogP contribution in [-0.2, 0) is 14.8 Å². The molecule has 144 valence electrons. The lowest BCUT2D eigenvalue weighted by Crippen LogP contribution is -2.40. The number of hydrogen-bond donors (Lipinski definition) is 1. The van der Waals surface area contributed by atoms with Gasteiger partial charge < -0.3 is 10.1 Å². The van der Waals surface area contributed by atoms with Gasteiger partial charge in [-0.05, 0) is 47.9 Å². The Balaban J connectivity index is 1.73. The molecule has 0 radical (unpaired) electrons. The van der Waals surface area contributed by atoms with Gasteiger partial charge in [0.25, 0.3) is 5.91 Å². The lowest BCUT2D eigenvalue weighted by molar-refractivity contribution is 0.0730. The molecule has 2 aromatic rings. The maximum Gasteiger partial charge on any atom is 0.255 e. The Bertz CT molecular complexity index is 902. The number of sulfonamides is 1. The molecule has 27 heavy (non-hydrogen) atoms. The normalized spacial score (nSPS) is 15.7. The van der Waals surface area contributed by atoms with Gasteiger partial charge in [0, 0.05) is 24.3 Å². The molecule has 1 aliphatic heterocycles. The number of nitrogens with one attached hydrogen (secondary N) is 1. The molecule has 1 aliphatic rings. The average Bonchev–Trinajstić information content (AvgIpc) is 2.69. The first kappa shape index (κ1) is 19.5. The maximum atomic E-state index is 12.6. The molecule has 6 nitrogen and oxygen atoms in total. The van der Waals surface area contributed by atoms with Crippen molar-refractivity contribution in [1.82, 2.24) is 4.31 Å². The Morgan fingerprint density at radius 1 is 1.07 bits per heavy atom. The Labute approximate surface area is 160 Å².